The zero-order chi connectivity index (χ0) is 26.6. The first-order valence-corrected chi connectivity index (χ1v) is 16.1. The van der Waals surface area contributed by atoms with Crippen LogP contribution in [0.25, 0.3) is 0 Å². The van der Waals surface area contributed by atoms with Crippen molar-refractivity contribution in [2.45, 2.75) is 109 Å². The summed E-state index contributed by atoms with van der Waals surface area (Å²) in [7, 11) is -2.08. The minimum atomic E-state index is -2.08. The SMILES string of the molecule is C=C/C=C(\C)[C@@H]1C/C=C/[C@@H]2O[C@H](c3ccccc3)O[C@]2(C)CC[C@@H](O[Si](C)(C)C(C)(C)C)CC(=O)N1. The van der Waals surface area contributed by atoms with Gasteiger partial charge in [-0.05, 0) is 51.2 Å². The molecule has 2 aliphatic heterocycles. The Bertz CT molecular complexity index is 965. The molecule has 1 amide bonds. The van der Waals surface area contributed by atoms with Crippen LogP contribution in [0.15, 0.2) is 66.8 Å². The van der Waals surface area contributed by atoms with E-state index in [0.29, 0.717) is 12.8 Å². The third-order valence-corrected chi connectivity index (χ3v) is 12.4. The molecule has 1 saturated heterocycles. The van der Waals surface area contributed by atoms with E-state index >= 15 is 0 Å². The summed E-state index contributed by atoms with van der Waals surface area (Å²) < 4.78 is 19.8. The van der Waals surface area contributed by atoms with Crippen molar-refractivity contribution >= 4 is 14.2 Å². The van der Waals surface area contributed by atoms with Gasteiger partial charge in [-0.2, -0.15) is 0 Å². The zero-order valence-electron chi connectivity index (χ0n) is 23.2. The molecule has 36 heavy (non-hydrogen) atoms. The van der Waals surface area contributed by atoms with Gasteiger partial charge in [0.05, 0.1) is 24.2 Å². The smallest absolute Gasteiger partial charge is 0.223 e. The van der Waals surface area contributed by atoms with Crippen molar-refractivity contribution in [3.8, 4) is 0 Å². The molecule has 1 aromatic rings. The highest BCUT2D eigenvalue weighted by atomic mass is 28.4. The Hall–Kier alpha value is -1.99. The number of amides is 1. The summed E-state index contributed by atoms with van der Waals surface area (Å²) in [5.41, 5.74) is 1.55. The maximum absolute atomic E-state index is 13.2. The summed E-state index contributed by atoms with van der Waals surface area (Å²) in [6.45, 7) is 19.2. The second kappa shape index (κ2) is 11.6. The average Bonchev–Trinajstić information content (AvgIpc) is 3.12. The zero-order valence-corrected chi connectivity index (χ0v) is 24.2. The molecular weight excluding hydrogens is 466 g/mol. The molecule has 2 aliphatic rings. The Labute approximate surface area is 219 Å². The van der Waals surface area contributed by atoms with E-state index in [2.05, 4.69) is 64.8 Å². The number of rotatable bonds is 5. The van der Waals surface area contributed by atoms with Crippen LogP contribution in [-0.4, -0.2) is 38.1 Å². The Morgan fingerprint density at radius 1 is 1.25 bits per heavy atom. The third kappa shape index (κ3) is 7.06. The highest BCUT2D eigenvalue weighted by molar-refractivity contribution is 6.74. The van der Waals surface area contributed by atoms with Crippen molar-refractivity contribution in [1.82, 2.24) is 5.32 Å². The van der Waals surface area contributed by atoms with Crippen molar-refractivity contribution in [2.24, 2.45) is 0 Å². The lowest BCUT2D eigenvalue weighted by atomic mass is 9.90. The topological polar surface area (TPSA) is 56.8 Å². The Balaban J connectivity index is 1.92. The summed E-state index contributed by atoms with van der Waals surface area (Å²) in [6.07, 6.45) is 9.58. The number of carbonyl (C=O) groups is 1. The first-order valence-electron chi connectivity index (χ1n) is 13.2. The van der Waals surface area contributed by atoms with E-state index < -0.39 is 20.2 Å². The monoisotopic (exact) mass is 511 g/mol. The van der Waals surface area contributed by atoms with E-state index in [-0.39, 0.29) is 29.2 Å². The number of carbonyl (C=O) groups excluding carboxylic acids is 1. The van der Waals surface area contributed by atoms with Gasteiger partial charge in [-0.15, -0.1) is 0 Å². The highest BCUT2D eigenvalue weighted by Crippen LogP contribution is 2.43. The van der Waals surface area contributed by atoms with Crippen LogP contribution in [-0.2, 0) is 18.7 Å². The molecule has 2 heterocycles. The molecule has 5 nitrogen and oxygen atoms in total. The van der Waals surface area contributed by atoms with Crippen molar-refractivity contribution in [2.75, 3.05) is 0 Å². The van der Waals surface area contributed by atoms with Gasteiger partial charge in [0.2, 0.25) is 5.91 Å². The van der Waals surface area contributed by atoms with Gasteiger partial charge in [0, 0.05) is 5.56 Å². The molecule has 1 N–H and O–H groups in total. The number of hydrogen-bond donors (Lipinski definition) is 1. The maximum Gasteiger partial charge on any atom is 0.223 e. The van der Waals surface area contributed by atoms with E-state index in [1.165, 1.54) is 0 Å². The molecule has 3 rings (SSSR count). The number of nitrogens with one attached hydrogen (secondary N) is 1. The fourth-order valence-electron chi connectivity index (χ4n) is 4.53. The molecule has 0 saturated carbocycles. The number of fused-ring (bicyclic) bond motifs is 1. The number of benzene rings is 1. The average molecular weight is 512 g/mol. The van der Waals surface area contributed by atoms with Crippen LogP contribution < -0.4 is 5.32 Å². The number of hydrogen-bond acceptors (Lipinski definition) is 4. The summed E-state index contributed by atoms with van der Waals surface area (Å²) in [6, 6.07) is 9.97. The minimum absolute atomic E-state index is 0.0157. The largest absolute Gasteiger partial charge is 0.413 e. The minimum Gasteiger partial charge on any atom is -0.413 e. The Morgan fingerprint density at radius 3 is 2.58 bits per heavy atom. The van der Waals surface area contributed by atoms with Crippen LogP contribution in [0.1, 0.15) is 72.2 Å². The predicted molar refractivity (Wildman–Crippen MR) is 149 cm³/mol. The fourth-order valence-corrected chi connectivity index (χ4v) is 5.91. The highest BCUT2D eigenvalue weighted by Gasteiger charge is 2.46. The van der Waals surface area contributed by atoms with E-state index in [9.17, 15) is 4.79 Å². The Kier molecular flexibility index (Phi) is 9.20. The van der Waals surface area contributed by atoms with Crippen molar-refractivity contribution in [1.29, 1.82) is 0 Å². The van der Waals surface area contributed by atoms with Crippen molar-refractivity contribution in [3.63, 3.8) is 0 Å². The van der Waals surface area contributed by atoms with Gasteiger partial charge in [0.1, 0.15) is 6.10 Å². The molecule has 5 atom stereocenters. The number of allylic oxidation sites excluding steroid dienone is 2. The summed E-state index contributed by atoms with van der Waals surface area (Å²) in [5, 5.41) is 3.29. The molecule has 0 bridgehead atoms. The van der Waals surface area contributed by atoms with Gasteiger partial charge >= 0.3 is 0 Å². The van der Waals surface area contributed by atoms with Crippen LogP contribution in [0.3, 0.4) is 0 Å². The molecule has 198 valence electrons. The molecule has 1 fully saturated rings. The second-order valence-electron chi connectivity index (χ2n) is 11.9. The fraction of sp³-hybridized carbons (Fsp3) is 0.567. The number of ether oxygens (including phenoxy) is 2. The second-order valence-corrected chi connectivity index (χ2v) is 16.7. The first-order chi connectivity index (χ1) is 16.8. The van der Waals surface area contributed by atoms with Gasteiger partial charge in [0.15, 0.2) is 14.6 Å². The van der Waals surface area contributed by atoms with Crippen LogP contribution in [0.2, 0.25) is 18.1 Å². The molecule has 0 aromatic heterocycles. The quantitative estimate of drug-likeness (QED) is 0.263. The van der Waals surface area contributed by atoms with Gasteiger partial charge in [-0.3, -0.25) is 4.79 Å². The lowest BCUT2D eigenvalue weighted by Gasteiger charge is -2.40. The van der Waals surface area contributed by atoms with Crippen LogP contribution in [0.4, 0.5) is 0 Å². The van der Waals surface area contributed by atoms with Crippen molar-refractivity contribution < 1.29 is 18.7 Å². The van der Waals surface area contributed by atoms with Gasteiger partial charge in [0.25, 0.3) is 0 Å². The molecule has 0 unspecified atom stereocenters. The van der Waals surface area contributed by atoms with Crippen molar-refractivity contribution in [3.05, 3.63) is 72.4 Å². The van der Waals surface area contributed by atoms with Gasteiger partial charge in [-0.25, -0.2) is 0 Å². The van der Waals surface area contributed by atoms with Crippen LogP contribution in [0, 0.1) is 0 Å². The lowest BCUT2D eigenvalue weighted by Crippen LogP contribution is -2.47. The molecule has 0 spiro atoms. The molecule has 6 heteroatoms. The van der Waals surface area contributed by atoms with Gasteiger partial charge in [-0.1, -0.05) is 87.6 Å². The van der Waals surface area contributed by atoms with Crippen LogP contribution >= 0.6 is 0 Å². The molecule has 0 aliphatic carbocycles. The Morgan fingerprint density at radius 2 is 1.94 bits per heavy atom. The molecule has 0 radical (unpaired) electrons. The predicted octanol–water partition coefficient (Wildman–Crippen LogP) is 7.00. The molecular formula is C30H45NO4Si. The first kappa shape index (κ1) is 28.6. The van der Waals surface area contributed by atoms with E-state index in [0.717, 1.165) is 24.0 Å². The summed E-state index contributed by atoms with van der Waals surface area (Å²) in [4.78, 5) is 13.2. The standard InChI is InChI=1S/C30H45NO4Si/c1-9-14-22(2)25-17-13-18-26-30(6,34-28(33-26)23-15-11-10-12-16-23)20-19-24(21-27(32)31-25)35-36(7,8)29(3,4)5/h9-16,18,24-26,28H,1,17,19-21H2,2-8H3,(H,31,32)/b18-13+,22-14+/t24-,25+,26+,28+,30-/m1/s1. The van der Waals surface area contributed by atoms with Crippen LogP contribution in [0.5, 0.6) is 0 Å². The maximum atomic E-state index is 13.2. The molecule has 1 aromatic carbocycles. The van der Waals surface area contributed by atoms with E-state index in [4.69, 9.17) is 13.9 Å². The van der Waals surface area contributed by atoms with Gasteiger partial charge < -0.3 is 19.2 Å². The normalized spacial score (nSPS) is 31.5. The third-order valence-electron chi connectivity index (χ3n) is 7.91. The lowest BCUT2D eigenvalue weighted by molar-refractivity contribution is -0.123. The summed E-state index contributed by atoms with van der Waals surface area (Å²) in [5.74, 6) is 0.0157. The van der Waals surface area contributed by atoms with E-state index in [1.807, 2.05) is 43.3 Å². The van der Waals surface area contributed by atoms with E-state index in [1.54, 1.807) is 6.08 Å². The summed E-state index contributed by atoms with van der Waals surface area (Å²) >= 11 is 0.